The standard InChI is InChI=1S/C19H26N4O2/c1-2-17(10-20-6-1)15-25-19-13-22(11-16-4-8-24-9-5-16)12-18-3-7-21-23(18)14-19/h1-3,6-7,10,16,19H,4-5,8-9,11-15H2. The van der Waals surface area contributed by atoms with Gasteiger partial charge >= 0.3 is 0 Å². The van der Waals surface area contributed by atoms with Crippen LogP contribution in [0.4, 0.5) is 0 Å². The molecule has 25 heavy (non-hydrogen) atoms. The molecule has 0 amide bonds. The normalized spacial score (nSPS) is 22.5. The minimum Gasteiger partial charge on any atom is -0.381 e. The Morgan fingerprint density at radius 3 is 2.92 bits per heavy atom. The van der Waals surface area contributed by atoms with Crippen molar-refractivity contribution in [2.24, 2.45) is 5.92 Å². The van der Waals surface area contributed by atoms with Crippen molar-refractivity contribution in [2.75, 3.05) is 26.3 Å². The summed E-state index contributed by atoms with van der Waals surface area (Å²) in [6, 6.07) is 6.14. The lowest BCUT2D eigenvalue weighted by Gasteiger charge is -2.30. The Hall–Kier alpha value is -1.76. The molecule has 2 aliphatic rings. The van der Waals surface area contributed by atoms with Crippen LogP contribution in [0.15, 0.2) is 36.8 Å². The summed E-state index contributed by atoms with van der Waals surface area (Å²) < 4.78 is 13.8. The first-order chi connectivity index (χ1) is 12.4. The van der Waals surface area contributed by atoms with Gasteiger partial charge in [0.15, 0.2) is 0 Å². The van der Waals surface area contributed by atoms with Gasteiger partial charge in [-0.25, -0.2) is 0 Å². The topological polar surface area (TPSA) is 52.4 Å². The van der Waals surface area contributed by atoms with E-state index < -0.39 is 0 Å². The van der Waals surface area contributed by atoms with Crippen LogP contribution in [0.1, 0.15) is 24.1 Å². The number of ether oxygens (including phenoxy) is 2. The Kier molecular flexibility index (Phi) is 5.40. The number of fused-ring (bicyclic) bond motifs is 1. The molecule has 1 fully saturated rings. The molecule has 1 atom stereocenters. The van der Waals surface area contributed by atoms with Crippen molar-refractivity contribution in [3.63, 3.8) is 0 Å². The highest BCUT2D eigenvalue weighted by molar-refractivity contribution is 5.07. The highest BCUT2D eigenvalue weighted by atomic mass is 16.5. The second-order valence-electron chi connectivity index (χ2n) is 7.05. The molecule has 4 heterocycles. The highest BCUT2D eigenvalue weighted by Gasteiger charge is 2.25. The molecule has 0 N–H and O–H groups in total. The van der Waals surface area contributed by atoms with E-state index in [1.165, 1.54) is 5.69 Å². The fraction of sp³-hybridized carbons (Fsp3) is 0.579. The molecule has 0 saturated carbocycles. The molecule has 0 spiro atoms. The van der Waals surface area contributed by atoms with Crippen LogP contribution >= 0.6 is 0 Å². The Bertz CT molecular complexity index is 654. The van der Waals surface area contributed by atoms with Gasteiger partial charge in [0.05, 0.1) is 24.9 Å². The zero-order chi connectivity index (χ0) is 16.9. The van der Waals surface area contributed by atoms with Gasteiger partial charge in [-0.05, 0) is 36.5 Å². The van der Waals surface area contributed by atoms with Crippen molar-refractivity contribution in [1.82, 2.24) is 19.7 Å². The van der Waals surface area contributed by atoms with Crippen molar-refractivity contribution in [1.29, 1.82) is 0 Å². The van der Waals surface area contributed by atoms with Gasteiger partial charge < -0.3 is 9.47 Å². The quantitative estimate of drug-likeness (QED) is 0.833. The van der Waals surface area contributed by atoms with Gasteiger partial charge in [0, 0.05) is 51.4 Å². The third kappa shape index (κ3) is 4.45. The van der Waals surface area contributed by atoms with Crippen molar-refractivity contribution < 1.29 is 9.47 Å². The average molecular weight is 342 g/mol. The van der Waals surface area contributed by atoms with E-state index in [1.54, 1.807) is 6.20 Å². The number of pyridine rings is 1. The molecule has 134 valence electrons. The molecule has 1 saturated heterocycles. The molecule has 4 rings (SSSR count). The maximum atomic E-state index is 6.23. The van der Waals surface area contributed by atoms with E-state index in [-0.39, 0.29) is 6.10 Å². The summed E-state index contributed by atoms with van der Waals surface area (Å²) in [6.45, 7) is 6.22. The zero-order valence-corrected chi connectivity index (χ0v) is 14.6. The lowest BCUT2D eigenvalue weighted by molar-refractivity contribution is -0.00101. The van der Waals surface area contributed by atoms with E-state index in [0.717, 1.165) is 63.7 Å². The van der Waals surface area contributed by atoms with Crippen LogP contribution in [0.2, 0.25) is 0 Å². The van der Waals surface area contributed by atoms with E-state index in [2.05, 4.69) is 31.8 Å². The molecule has 0 bridgehead atoms. The number of hydrogen-bond acceptors (Lipinski definition) is 5. The molecule has 6 nitrogen and oxygen atoms in total. The van der Waals surface area contributed by atoms with E-state index in [4.69, 9.17) is 9.47 Å². The summed E-state index contributed by atoms with van der Waals surface area (Å²) in [5.41, 5.74) is 2.39. The van der Waals surface area contributed by atoms with Crippen molar-refractivity contribution >= 4 is 0 Å². The Morgan fingerprint density at radius 2 is 2.08 bits per heavy atom. The number of rotatable bonds is 5. The summed E-state index contributed by atoms with van der Waals surface area (Å²) in [7, 11) is 0. The summed E-state index contributed by atoms with van der Waals surface area (Å²) in [5.74, 6) is 0.724. The summed E-state index contributed by atoms with van der Waals surface area (Å²) in [4.78, 5) is 6.70. The predicted molar refractivity (Wildman–Crippen MR) is 93.9 cm³/mol. The molecule has 0 aliphatic carbocycles. The largest absolute Gasteiger partial charge is 0.381 e. The van der Waals surface area contributed by atoms with Crippen LogP contribution in [-0.2, 0) is 29.2 Å². The monoisotopic (exact) mass is 342 g/mol. The Labute approximate surface area is 148 Å². The van der Waals surface area contributed by atoms with Crippen molar-refractivity contribution in [3.8, 4) is 0 Å². The summed E-state index contributed by atoms with van der Waals surface area (Å²) >= 11 is 0. The van der Waals surface area contributed by atoms with E-state index >= 15 is 0 Å². The molecule has 2 aromatic heterocycles. The third-order valence-electron chi connectivity index (χ3n) is 5.09. The van der Waals surface area contributed by atoms with Crippen LogP contribution < -0.4 is 0 Å². The first-order valence-electron chi connectivity index (χ1n) is 9.18. The first kappa shape index (κ1) is 16.7. The molecule has 0 aromatic carbocycles. The van der Waals surface area contributed by atoms with Crippen LogP contribution in [0.3, 0.4) is 0 Å². The van der Waals surface area contributed by atoms with Gasteiger partial charge in [-0.15, -0.1) is 0 Å². The van der Waals surface area contributed by atoms with Crippen LogP contribution in [0.25, 0.3) is 0 Å². The first-order valence-corrected chi connectivity index (χ1v) is 9.18. The minimum atomic E-state index is 0.140. The molecule has 2 aliphatic heterocycles. The number of hydrogen-bond donors (Lipinski definition) is 0. The maximum Gasteiger partial charge on any atom is 0.0902 e. The molecular formula is C19H26N4O2. The van der Waals surface area contributed by atoms with E-state index in [0.29, 0.717) is 6.61 Å². The second kappa shape index (κ2) is 8.08. The lowest BCUT2D eigenvalue weighted by atomic mass is 9.99. The zero-order valence-electron chi connectivity index (χ0n) is 14.6. The van der Waals surface area contributed by atoms with Crippen molar-refractivity contribution in [2.45, 2.75) is 38.6 Å². The van der Waals surface area contributed by atoms with Gasteiger partial charge in [0.25, 0.3) is 0 Å². The van der Waals surface area contributed by atoms with Gasteiger partial charge in [-0.3, -0.25) is 14.6 Å². The van der Waals surface area contributed by atoms with Gasteiger partial charge in [-0.1, -0.05) is 6.07 Å². The third-order valence-corrected chi connectivity index (χ3v) is 5.09. The van der Waals surface area contributed by atoms with E-state index in [9.17, 15) is 0 Å². The molecule has 1 unspecified atom stereocenters. The Balaban J connectivity index is 1.41. The maximum absolute atomic E-state index is 6.23. The molecular weight excluding hydrogens is 316 g/mol. The van der Waals surface area contributed by atoms with Gasteiger partial charge in [-0.2, -0.15) is 5.10 Å². The number of aromatic nitrogens is 3. The number of nitrogens with zero attached hydrogens (tertiary/aromatic N) is 4. The van der Waals surface area contributed by atoms with Crippen molar-refractivity contribution in [3.05, 3.63) is 48.0 Å². The fourth-order valence-electron chi connectivity index (χ4n) is 3.73. The average Bonchev–Trinajstić information content (AvgIpc) is 3.01. The summed E-state index contributed by atoms with van der Waals surface area (Å²) in [5, 5.41) is 4.48. The highest BCUT2D eigenvalue weighted by Crippen LogP contribution is 2.20. The fourth-order valence-corrected chi connectivity index (χ4v) is 3.73. The van der Waals surface area contributed by atoms with Gasteiger partial charge in [0.2, 0.25) is 0 Å². The van der Waals surface area contributed by atoms with Crippen LogP contribution in [0, 0.1) is 5.92 Å². The molecule has 6 heteroatoms. The molecule has 0 radical (unpaired) electrons. The van der Waals surface area contributed by atoms with Crippen LogP contribution in [-0.4, -0.2) is 52.1 Å². The van der Waals surface area contributed by atoms with Crippen LogP contribution in [0.5, 0.6) is 0 Å². The smallest absolute Gasteiger partial charge is 0.0902 e. The SMILES string of the molecule is c1cncc(COC2CN(CC3CCOCC3)Cc3ccnn3C2)c1. The Morgan fingerprint density at radius 1 is 1.16 bits per heavy atom. The lowest BCUT2D eigenvalue weighted by Crippen LogP contribution is -2.37. The predicted octanol–water partition coefficient (Wildman–Crippen LogP) is 2.11. The second-order valence-corrected chi connectivity index (χ2v) is 7.05. The van der Waals surface area contributed by atoms with E-state index in [1.807, 2.05) is 18.5 Å². The summed E-state index contributed by atoms with van der Waals surface area (Å²) in [6.07, 6.45) is 8.02. The molecule has 2 aromatic rings. The van der Waals surface area contributed by atoms with Gasteiger partial charge in [0.1, 0.15) is 0 Å². The minimum absolute atomic E-state index is 0.140.